The van der Waals surface area contributed by atoms with E-state index in [1.807, 2.05) is 0 Å². The van der Waals surface area contributed by atoms with Crippen molar-refractivity contribution in [2.45, 2.75) is 64.9 Å². The van der Waals surface area contributed by atoms with Crippen molar-refractivity contribution in [3.63, 3.8) is 0 Å². The number of ether oxygens (including phenoxy) is 1. The van der Waals surface area contributed by atoms with Gasteiger partial charge in [-0.1, -0.05) is 31.9 Å². The van der Waals surface area contributed by atoms with Crippen LogP contribution in [0.5, 0.6) is 0 Å². The van der Waals surface area contributed by atoms with Gasteiger partial charge in [-0.25, -0.2) is 0 Å². The number of fused-ring (bicyclic) bond motifs is 2. The Morgan fingerprint density at radius 3 is 2.35 bits per heavy atom. The fraction of sp³-hybridized carbons (Fsp3) is 0.833. The Hall–Kier alpha value is -0.790. The summed E-state index contributed by atoms with van der Waals surface area (Å²) in [6.07, 6.45) is 11.7. The van der Waals surface area contributed by atoms with E-state index in [0.717, 1.165) is 12.3 Å². The number of carbonyl (C=O) groups excluding carboxylic acids is 1. The molecule has 0 N–H and O–H groups in total. The van der Waals surface area contributed by atoms with E-state index >= 15 is 0 Å². The molecule has 0 aromatic rings. The summed E-state index contributed by atoms with van der Waals surface area (Å²) in [6.45, 7) is 6.57. The largest absolute Gasteiger partial charge is 0.459 e. The molecule has 2 fully saturated rings. The Kier molecular flexibility index (Phi) is 3.68. The lowest BCUT2D eigenvalue weighted by Crippen LogP contribution is -2.40. The van der Waals surface area contributed by atoms with Crippen molar-refractivity contribution < 1.29 is 9.53 Å². The number of rotatable bonds is 3. The van der Waals surface area contributed by atoms with E-state index in [9.17, 15) is 4.79 Å². The Labute approximate surface area is 123 Å². The molecule has 3 unspecified atom stereocenters. The van der Waals surface area contributed by atoms with Crippen LogP contribution >= 0.6 is 0 Å². The second-order valence-electron chi connectivity index (χ2n) is 7.87. The zero-order valence-electron chi connectivity index (χ0n) is 13.1. The summed E-state index contributed by atoms with van der Waals surface area (Å²) < 4.78 is 5.98. The van der Waals surface area contributed by atoms with Crippen LogP contribution < -0.4 is 0 Å². The maximum Gasteiger partial charge on any atom is 0.310 e. The van der Waals surface area contributed by atoms with E-state index in [1.54, 1.807) is 0 Å². The quantitative estimate of drug-likeness (QED) is 0.566. The van der Waals surface area contributed by atoms with Gasteiger partial charge in [0.2, 0.25) is 0 Å². The molecule has 0 amide bonds. The molecule has 112 valence electrons. The average Bonchev–Trinajstić information content (AvgIpc) is 3.01. The summed E-state index contributed by atoms with van der Waals surface area (Å²) in [4.78, 5) is 12.5. The van der Waals surface area contributed by atoms with Gasteiger partial charge in [-0.15, -0.1) is 0 Å². The first-order chi connectivity index (χ1) is 9.45. The number of carbonyl (C=O) groups is 1. The van der Waals surface area contributed by atoms with Crippen LogP contribution in [0.3, 0.4) is 0 Å². The minimum atomic E-state index is -0.289. The van der Waals surface area contributed by atoms with E-state index in [1.165, 1.54) is 32.1 Å². The molecule has 0 heterocycles. The summed E-state index contributed by atoms with van der Waals surface area (Å²) in [5.41, 5.74) is -0.289. The second kappa shape index (κ2) is 5.20. The summed E-state index contributed by atoms with van der Waals surface area (Å²) in [5, 5.41) is 0. The van der Waals surface area contributed by atoms with Crippen LogP contribution in [0.25, 0.3) is 0 Å². The Bertz CT molecular complexity index is 402. The maximum absolute atomic E-state index is 12.5. The standard InChI is InChI=1S/C18H28O2/c1-12-4-8-15(9-5-12)18(2,3)20-17(19)16-11-13-6-7-14(16)10-13/h6-7,12-16H,4-5,8-11H2,1-3H3. The third-order valence-electron chi connectivity index (χ3n) is 5.94. The average molecular weight is 276 g/mol. The second-order valence-corrected chi connectivity index (χ2v) is 7.87. The molecule has 0 aromatic carbocycles. The fourth-order valence-corrected chi connectivity index (χ4v) is 4.43. The summed E-state index contributed by atoms with van der Waals surface area (Å²) in [7, 11) is 0. The first-order valence-corrected chi connectivity index (χ1v) is 8.37. The number of esters is 1. The molecular formula is C18H28O2. The van der Waals surface area contributed by atoms with E-state index in [-0.39, 0.29) is 17.5 Å². The molecule has 2 bridgehead atoms. The number of allylic oxidation sites excluding steroid dienone is 2. The maximum atomic E-state index is 12.5. The molecule has 2 heteroatoms. The van der Waals surface area contributed by atoms with Crippen molar-refractivity contribution in [2.24, 2.45) is 29.6 Å². The van der Waals surface area contributed by atoms with Gasteiger partial charge in [0, 0.05) is 0 Å². The highest BCUT2D eigenvalue weighted by atomic mass is 16.6. The van der Waals surface area contributed by atoms with E-state index in [0.29, 0.717) is 17.8 Å². The Balaban J connectivity index is 1.58. The molecule has 3 aliphatic carbocycles. The normalized spacial score (nSPS) is 40.0. The highest BCUT2D eigenvalue weighted by Gasteiger charge is 2.43. The van der Waals surface area contributed by atoms with E-state index in [4.69, 9.17) is 4.74 Å². The lowest BCUT2D eigenvalue weighted by Gasteiger charge is -2.39. The molecular weight excluding hydrogens is 248 g/mol. The molecule has 20 heavy (non-hydrogen) atoms. The van der Waals surface area contributed by atoms with Gasteiger partial charge in [0.1, 0.15) is 5.60 Å². The van der Waals surface area contributed by atoms with Crippen molar-refractivity contribution in [3.05, 3.63) is 12.2 Å². The molecule has 3 rings (SSSR count). The molecule has 0 spiro atoms. The number of hydrogen-bond donors (Lipinski definition) is 0. The zero-order valence-corrected chi connectivity index (χ0v) is 13.1. The van der Waals surface area contributed by atoms with Crippen LogP contribution in [0.2, 0.25) is 0 Å². The van der Waals surface area contributed by atoms with Crippen molar-refractivity contribution in [3.8, 4) is 0 Å². The van der Waals surface area contributed by atoms with Crippen LogP contribution in [-0.2, 0) is 9.53 Å². The van der Waals surface area contributed by atoms with E-state index in [2.05, 4.69) is 32.9 Å². The van der Waals surface area contributed by atoms with Gasteiger partial charge in [0.05, 0.1) is 5.92 Å². The Morgan fingerprint density at radius 1 is 1.10 bits per heavy atom. The zero-order chi connectivity index (χ0) is 14.3. The van der Waals surface area contributed by atoms with Gasteiger partial charge in [0.25, 0.3) is 0 Å². The topological polar surface area (TPSA) is 26.3 Å². The molecule has 0 aromatic heterocycles. The molecule has 0 radical (unpaired) electrons. The molecule has 2 saturated carbocycles. The fourth-order valence-electron chi connectivity index (χ4n) is 4.43. The van der Waals surface area contributed by atoms with Gasteiger partial charge >= 0.3 is 5.97 Å². The monoisotopic (exact) mass is 276 g/mol. The minimum Gasteiger partial charge on any atom is -0.459 e. The van der Waals surface area contributed by atoms with E-state index < -0.39 is 0 Å². The predicted molar refractivity (Wildman–Crippen MR) is 80.1 cm³/mol. The lowest BCUT2D eigenvalue weighted by atomic mass is 9.75. The van der Waals surface area contributed by atoms with Crippen molar-refractivity contribution in [1.29, 1.82) is 0 Å². The van der Waals surface area contributed by atoms with Gasteiger partial charge in [-0.3, -0.25) is 4.79 Å². The van der Waals surface area contributed by atoms with Gasteiger partial charge in [-0.2, -0.15) is 0 Å². The predicted octanol–water partition coefficient (Wildman–Crippen LogP) is 4.35. The third-order valence-corrected chi connectivity index (χ3v) is 5.94. The molecule has 2 nitrogen and oxygen atoms in total. The first-order valence-electron chi connectivity index (χ1n) is 8.37. The van der Waals surface area contributed by atoms with Crippen molar-refractivity contribution in [2.75, 3.05) is 0 Å². The SMILES string of the molecule is CC1CCC(C(C)(C)OC(=O)C2CC3C=CC2C3)CC1. The summed E-state index contributed by atoms with van der Waals surface area (Å²) in [5.74, 6) is 2.66. The smallest absolute Gasteiger partial charge is 0.310 e. The highest BCUT2D eigenvalue weighted by molar-refractivity contribution is 5.74. The molecule has 3 atom stereocenters. The minimum absolute atomic E-state index is 0.0606. The van der Waals surface area contributed by atoms with Crippen LogP contribution in [0.15, 0.2) is 12.2 Å². The molecule has 0 aliphatic heterocycles. The van der Waals surface area contributed by atoms with Crippen molar-refractivity contribution in [1.82, 2.24) is 0 Å². The molecule has 0 saturated heterocycles. The van der Waals surface area contributed by atoms with Gasteiger partial charge in [0.15, 0.2) is 0 Å². The van der Waals surface area contributed by atoms with Crippen LogP contribution in [-0.4, -0.2) is 11.6 Å². The van der Waals surface area contributed by atoms with Crippen LogP contribution in [0.1, 0.15) is 59.3 Å². The van der Waals surface area contributed by atoms with Crippen molar-refractivity contribution >= 4 is 5.97 Å². The number of hydrogen-bond acceptors (Lipinski definition) is 2. The first kappa shape index (κ1) is 14.2. The van der Waals surface area contributed by atoms with Gasteiger partial charge < -0.3 is 4.74 Å². The molecule has 3 aliphatic rings. The highest BCUT2D eigenvalue weighted by Crippen LogP contribution is 2.45. The van der Waals surface area contributed by atoms with Crippen LogP contribution in [0.4, 0.5) is 0 Å². The van der Waals surface area contributed by atoms with Gasteiger partial charge in [-0.05, 0) is 63.2 Å². The lowest BCUT2D eigenvalue weighted by molar-refractivity contribution is -0.169. The van der Waals surface area contributed by atoms with Crippen LogP contribution in [0, 0.1) is 29.6 Å². The summed E-state index contributed by atoms with van der Waals surface area (Å²) in [6, 6.07) is 0. The third kappa shape index (κ3) is 2.66. The summed E-state index contributed by atoms with van der Waals surface area (Å²) >= 11 is 0. The Morgan fingerprint density at radius 2 is 1.80 bits per heavy atom.